The Labute approximate surface area is 168 Å². The summed E-state index contributed by atoms with van der Waals surface area (Å²) in [5.74, 6) is -4.36. The maximum Gasteiger partial charge on any atom is 0.349 e. The zero-order valence-corrected chi connectivity index (χ0v) is 16.7. The standard InChI is InChI=1S/C19H25NO9/c1-12(21)28-16(17(19(24)25)29-13(2)22)18(23)20(11-15(26-3)27-4)10-14-8-6-5-7-9-14/h5-9,15-17H,10-11H2,1-4H3,(H,24,25)/t16-,17+/m1/s1. The topological polar surface area (TPSA) is 129 Å². The molecule has 1 rings (SSSR count). The average Bonchev–Trinajstić information content (AvgIpc) is 2.67. The lowest BCUT2D eigenvalue weighted by molar-refractivity contribution is -0.186. The molecule has 1 aromatic rings. The molecule has 0 unspecified atom stereocenters. The summed E-state index contributed by atoms with van der Waals surface area (Å²) in [5, 5.41) is 9.41. The predicted octanol–water partition coefficient (Wildman–Crippen LogP) is 0.582. The lowest BCUT2D eigenvalue weighted by Gasteiger charge is -2.31. The van der Waals surface area contributed by atoms with Crippen LogP contribution in [0, 0.1) is 0 Å². The van der Waals surface area contributed by atoms with Crippen molar-refractivity contribution in [2.45, 2.75) is 38.9 Å². The molecule has 1 amide bonds. The van der Waals surface area contributed by atoms with E-state index in [1.54, 1.807) is 30.3 Å². The number of hydrogen-bond acceptors (Lipinski definition) is 8. The number of carboxylic acids is 1. The SMILES string of the molecule is COC(CN(Cc1ccccc1)C(=O)[C@H](OC(C)=O)[C@H](OC(C)=O)C(=O)O)OC. The Morgan fingerprint density at radius 3 is 1.90 bits per heavy atom. The van der Waals surface area contributed by atoms with Crippen molar-refractivity contribution < 1.29 is 43.2 Å². The van der Waals surface area contributed by atoms with E-state index in [9.17, 15) is 24.3 Å². The lowest BCUT2D eigenvalue weighted by atomic mass is 10.1. The molecule has 0 aromatic heterocycles. The molecule has 1 N–H and O–H groups in total. The summed E-state index contributed by atoms with van der Waals surface area (Å²) in [7, 11) is 2.75. The number of amides is 1. The highest BCUT2D eigenvalue weighted by atomic mass is 16.7. The molecule has 2 atom stereocenters. The van der Waals surface area contributed by atoms with Crippen molar-refractivity contribution in [3.8, 4) is 0 Å². The van der Waals surface area contributed by atoms with Crippen LogP contribution in [0.5, 0.6) is 0 Å². The molecule has 10 heteroatoms. The normalized spacial score (nSPS) is 12.7. The van der Waals surface area contributed by atoms with Crippen LogP contribution in [0.1, 0.15) is 19.4 Å². The van der Waals surface area contributed by atoms with Gasteiger partial charge in [-0.3, -0.25) is 14.4 Å². The molecule has 0 heterocycles. The van der Waals surface area contributed by atoms with Crippen LogP contribution in [0.4, 0.5) is 0 Å². The number of esters is 2. The number of carboxylic acid groups (broad SMARTS) is 1. The van der Waals surface area contributed by atoms with Gasteiger partial charge in [-0.25, -0.2) is 4.79 Å². The van der Waals surface area contributed by atoms with Gasteiger partial charge in [0.15, 0.2) is 6.29 Å². The van der Waals surface area contributed by atoms with Gasteiger partial charge in [0.1, 0.15) is 0 Å². The van der Waals surface area contributed by atoms with Crippen LogP contribution >= 0.6 is 0 Å². The Morgan fingerprint density at radius 2 is 1.45 bits per heavy atom. The molecule has 0 aliphatic carbocycles. The molecule has 0 radical (unpaired) electrons. The molecule has 0 fully saturated rings. The monoisotopic (exact) mass is 411 g/mol. The number of carbonyl (C=O) groups is 4. The fourth-order valence-electron chi connectivity index (χ4n) is 2.48. The van der Waals surface area contributed by atoms with Gasteiger partial charge in [-0.1, -0.05) is 30.3 Å². The summed E-state index contributed by atoms with van der Waals surface area (Å²) in [6.07, 6.45) is -4.71. The molecule has 0 bridgehead atoms. The average molecular weight is 411 g/mol. The summed E-state index contributed by atoms with van der Waals surface area (Å²) in [6, 6.07) is 8.85. The van der Waals surface area contributed by atoms with E-state index in [2.05, 4.69) is 0 Å². The minimum Gasteiger partial charge on any atom is -0.478 e. The van der Waals surface area contributed by atoms with Crippen molar-refractivity contribution in [1.82, 2.24) is 4.90 Å². The third kappa shape index (κ3) is 7.88. The zero-order valence-electron chi connectivity index (χ0n) is 16.7. The fourth-order valence-corrected chi connectivity index (χ4v) is 2.48. The number of ether oxygens (including phenoxy) is 4. The number of nitrogens with zero attached hydrogens (tertiary/aromatic N) is 1. The van der Waals surface area contributed by atoms with Crippen molar-refractivity contribution in [1.29, 1.82) is 0 Å². The van der Waals surface area contributed by atoms with E-state index in [0.717, 1.165) is 19.4 Å². The highest BCUT2D eigenvalue weighted by Crippen LogP contribution is 2.15. The summed E-state index contributed by atoms with van der Waals surface area (Å²) < 4.78 is 19.9. The zero-order chi connectivity index (χ0) is 22.0. The summed E-state index contributed by atoms with van der Waals surface area (Å²) >= 11 is 0. The Balaban J connectivity index is 3.26. The van der Waals surface area contributed by atoms with Crippen LogP contribution < -0.4 is 0 Å². The number of methoxy groups -OCH3 is 2. The molecule has 10 nitrogen and oxygen atoms in total. The first-order valence-electron chi connectivity index (χ1n) is 8.65. The van der Waals surface area contributed by atoms with Crippen molar-refractivity contribution in [2.24, 2.45) is 0 Å². The van der Waals surface area contributed by atoms with Crippen LogP contribution in [0.15, 0.2) is 30.3 Å². The second-order valence-electron chi connectivity index (χ2n) is 6.00. The van der Waals surface area contributed by atoms with Crippen LogP contribution in [-0.2, 0) is 44.7 Å². The first-order chi connectivity index (χ1) is 13.7. The molecular formula is C19H25NO9. The molecule has 29 heavy (non-hydrogen) atoms. The highest BCUT2D eigenvalue weighted by Gasteiger charge is 2.42. The van der Waals surface area contributed by atoms with E-state index < -0.39 is 42.3 Å². The molecular weight excluding hydrogens is 386 g/mol. The van der Waals surface area contributed by atoms with Crippen LogP contribution in [0.3, 0.4) is 0 Å². The molecule has 0 saturated carbocycles. The van der Waals surface area contributed by atoms with E-state index in [-0.39, 0.29) is 13.1 Å². The molecule has 1 aromatic carbocycles. The number of carbonyl (C=O) groups excluding carboxylic acids is 3. The quantitative estimate of drug-likeness (QED) is 0.411. The van der Waals surface area contributed by atoms with Gasteiger partial charge in [0.05, 0.1) is 6.54 Å². The van der Waals surface area contributed by atoms with E-state index in [0.29, 0.717) is 0 Å². The Kier molecular flexibility index (Phi) is 9.76. The number of rotatable bonds is 11. The smallest absolute Gasteiger partial charge is 0.349 e. The van der Waals surface area contributed by atoms with E-state index >= 15 is 0 Å². The number of aliphatic carboxylic acids is 1. The predicted molar refractivity (Wildman–Crippen MR) is 98.4 cm³/mol. The summed E-state index contributed by atoms with van der Waals surface area (Å²) in [4.78, 5) is 48.8. The van der Waals surface area contributed by atoms with Gasteiger partial charge < -0.3 is 29.0 Å². The highest BCUT2D eigenvalue weighted by molar-refractivity contribution is 5.91. The summed E-state index contributed by atoms with van der Waals surface area (Å²) in [5.41, 5.74) is 0.729. The van der Waals surface area contributed by atoms with Crippen molar-refractivity contribution in [2.75, 3.05) is 20.8 Å². The summed E-state index contributed by atoms with van der Waals surface area (Å²) in [6.45, 7) is 1.96. The molecule has 0 aliphatic heterocycles. The largest absolute Gasteiger partial charge is 0.478 e. The van der Waals surface area contributed by atoms with Gasteiger partial charge in [0.25, 0.3) is 5.91 Å². The molecule has 0 spiro atoms. The maximum absolute atomic E-state index is 13.2. The molecule has 0 aliphatic rings. The maximum atomic E-state index is 13.2. The van der Waals surface area contributed by atoms with E-state index in [4.69, 9.17) is 18.9 Å². The third-order valence-electron chi connectivity index (χ3n) is 3.77. The van der Waals surface area contributed by atoms with Gasteiger partial charge in [-0.05, 0) is 5.56 Å². The van der Waals surface area contributed by atoms with Gasteiger partial charge in [0.2, 0.25) is 12.2 Å². The van der Waals surface area contributed by atoms with Gasteiger partial charge in [-0.15, -0.1) is 0 Å². The van der Waals surface area contributed by atoms with Crippen molar-refractivity contribution in [3.63, 3.8) is 0 Å². The van der Waals surface area contributed by atoms with Crippen LogP contribution in [0.2, 0.25) is 0 Å². The Bertz CT molecular complexity index is 703. The fraction of sp³-hybridized carbons (Fsp3) is 0.474. The number of hydrogen-bond donors (Lipinski definition) is 1. The van der Waals surface area contributed by atoms with E-state index in [1.807, 2.05) is 0 Å². The molecule has 0 saturated heterocycles. The Hall–Kier alpha value is -2.98. The van der Waals surface area contributed by atoms with Gasteiger partial charge >= 0.3 is 17.9 Å². The van der Waals surface area contributed by atoms with Crippen LogP contribution in [0.25, 0.3) is 0 Å². The second kappa shape index (κ2) is 11.8. The minimum absolute atomic E-state index is 0.0487. The van der Waals surface area contributed by atoms with E-state index in [1.165, 1.54) is 19.1 Å². The van der Waals surface area contributed by atoms with Crippen molar-refractivity contribution >= 4 is 23.8 Å². The minimum atomic E-state index is -2.01. The van der Waals surface area contributed by atoms with Crippen LogP contribution in [-0.4, -0.2) is 73.1 Å². The second-order valence-corrected chi connectivity index (χ2v) is 6.00. The molecule has 160 valence electrons. The lowest BCUT2D eigenvalue weighted by Crippen LogP contribution is -2.52. The third-order valence-corrected chi connectivity index (χ3v) is 3.77. The first kappa shape index (κ1) is 24.1. The Morgan fingerprint density at radius 1 is 0.931 bits per heavy atom. The first-order valence-corrected chi connectivity index (χ1v) is 8.65. The number of benzene rings is 1. The van der Waals surface area contributed by atoms with Gasteiger partial charge in [-0.2, -0.15) is 0 Å². The van der Waals surface area contributed by atoms with Crippen molar-refractivity contribution in [3.05, 3.63) is 35.9 Å². The van der Waals surface area contributed by atoms with Gasteiger partial charge in [0, 0.05) is 34.6 Å².